The van der Waals surface area contributed by atoms with Crippen molar-refractivity contribution in [3.63, 3.8) is 0 Å². The first-order chi connectivity index (χ1) is 11.0. The summed E-state index contributed by atoms with van der Waals surface area (Å²) in [6, 6.07) is 16.2. The highest BCUT2D eigenvalue weighted by atomic mass is 79.9. The van der Waals surface area contributed by atoms with Crippen LogP contribution < -0.4 is 11.5 Å². The van der Waals surface area contributed by atoms with Gasteiger partial charge in [0.1, 0.15) is 0 Å². The van der Waals surface area contributed by atoms with Crippen molar-refractivity contribution in [3.05, 3.63) is 64.6 Å². The molecule has 0 aromatic heterocycles. The normalized spacial score (nSPS) is 22.7. The Bertz CT molecular complexity index is 787. The van der Waals surface area contributed by atoms with Gasteiger partial charge in [-0.3, -0.25) is 0 Å². The Morgan fingerprint density at radius 1 is 0.957 bits per heavy atom. The third kappa shape index (κ3) is 2.63. The molecule has 0 bridgehead atoms. The maximum atomic E-state index is 13.1. The molecule has 0 saturated heterocycles. The van der Waals surface area contributed by atoms with E-state index in [0.717, 1.165) is 10.0 Å². The molecule has 1 aliphatic carbocycles. The average Bonchev–Trinajstić information content (AvgIpc) is 3.27. The number of rotatable bonds is 5. The molecular weight excluding hydrogens is 376 g/mol. The Morgan fingerprint density at radius 2 is 1.52 bits per heavy atom. The quantitative estimate of drug-likeness (QED) is 0.814. The van der Waals surface area contributed by atoms with Gasteiger partial charge in [-0.05, 0) is 29.8 Å². The number of nitrogens with two attached hydrogens (primary N) is 2. The predicted molar refractivity (Wildman–Crippen MR) is 94.8 cm³/mol. The third-order valence-corrected chi connectivity index (χ3v) is 7.64. The van der Waals surface area contributed by atoms with Crippen LogP contribution >= 0.6 is 15.9 Å². The molecule has 0 aliphatic heterocycles. The van der Waals surface area contributed by atoms with Crippen LogP contribution in [0.5, 0.6) is 0 Å². The van der Waals surface area contributed by atoms with Crippen molar-refractivity contribution in [2.45, 2.75) is 16.1 Å². The molecule has 2 atom stereocenters. The van der Waals surface area contributed by atoms with E-state index in [1.54, 1.807) is 30.3 Å². The lowest BCUT2D eigenvalue weighted by molar-refractivity contribution is 0.510. The van der Waals surface area contributed by atoms with E-state index < -0.39 is 20.5 Å². The van der Waals surface area contributed by atoms with Crippen LogP contribution in [0.3, 0.4) is 0 Å². The zero-order valence-electron chi connectivity index (χ0n) is 12.5. The lowest BCUT2D eigenvalue weighted by Crippen LogP contribution is -2.31. The molecule has 1 fully saturated rings. The molecule has 0 amide bonds. The van der Waals surface area contributed by atoms with E-state index in [-0.39, 0.29) is 19.0 Å². The number of benzene rings is 2. The van der Waals surface area contributed by atoms with Crippen LogP contribution in [-0.4, -0.2) is 26.8 Å². The van der Waals surface area contributed by atoms with Gasteiger partial charge in [-0.25, -0.2) is 8.42 Å². The van der Waals surface area contributed by atoms with Gasteiger partial charge in [0.15, 0.2) is 9.84 Å². The molecule has 2 aromatic carbocycles. The Kier molecular flexibility index (Phi) is 4.35. The minimum absolute atomic E-state index is 0.171. The van der Waals surface area contributed by atoms with Gasteiger partial charge in [0.25, 0.3) is 0 Å². The molecule has 4 nitrogen and oxygen atoms in total. The highest BCUT2D eigenvalue weighted by Crippen LogP contribution is 2.62. The summed E-state index contributed by atoms with van der Waals surface area (Å²) in [5.41, 5.74) is 12.3. The van der Waals surface area contributed by atoms with Crippen molar-refractivity contribution in [1.29, 1.82) is 0 Å². The molecule has 4 N–H and O–H groups in total. The Hall–Kier alpha value is -1.21. The van der Waals surface area contributed by atoms with Gasteiger partial charge in [-0.15, -0.1) is 0 Å². The summed E-state index contributed by atoms with van der Waals surface area (Å²) in [6.07, 6.45) is 0. The maximum Gasteiger partial charge on any atom is 0.182 e. The number of halogens is 1. The van der Waals surface area contributed by atoms with Crippen LogP contribution in [0.2, 0.25) is 0 Å². The van der Waals surface area contributed by atoms with Gasteiger partial charge in [-0.1, -0.05) is 46.3 Å². The summed E-state index contributed by atoms with van der Waals surface area (Å²) >= 11 is 3.40. The second-order valence-electron chi connectivity index (χ2n) is 5.95. The van der Waals surface area contributed by atoms with E-state index in [9.17, 15) is 8.42 Å². The number of sulfone groups is 1. The van der Waals surface area contributed by atoms with Gasteiger partial charge in [-0.2, -0.15) is 0 Å². The predicted octanol–water partition coefficient (Wildman–Crippen LogP) is 2.29. The zero-order chi connectivity index (χ0) is 16.7. The molecule has 122 valence electrons. The third-order valence-electron chi connectivity index (χ3n) is 4.77. The molecule has 3 rings (SSSR count). The molecule has 0 spiro atoms. The van der Waals surface area contributed by atoms with E-state index in [1.807, 2.05) is 24.3 Å². The van der Waals surface area contributed by atoms with E-state index in [0.29, 0.717) is 4.90 Å². The first kappa shape index (κ1) is 16.6. The fraction of sp³-hybridized carbons (Fsp3) is 0.294. The summed E-state index contributed by atoms with van der Waals surface area (Å²) in [5, 5.41) is -0.575. The SMILES string of the molecule is NCC1(CN)[C@H](S(=O)(=O)c2ccccc2)[C@@H]1c1ccc(Br)cc1. The zero-order valence-corrected chi connectivity index (χ0v) is 14.9. The Morgan fingerprint density at radius 3 is 2.04 bits per heavy atom. The van der Waals surface area contributed by atoms with E-state index in [4.69, 9.17) is 11.5 Å². The summed E-state index contributed by atoms with van der Waals surface area (Å²) < 4.78 is 27.1. The average molecular weight is 395 g/mol. The largest absolute Gasteiger partial charge is 0.330 e. The minimum Gasteiger partial charge on any atom is -0.330 e. The fourth-order valence-electron chi connectivity index (χ4n) is 3.44. The highest BCUT2D eigenvalue weighted by Gasteiger charge is 2.69. The molecule has 0 radical (unpaired) electrons. The fourth-order valence-corrected chi connectivity index (χ4v) is 6.20. The van der Waals surface area contributed by atoms with Crippen LogP contribution in [0.25, 0.3) is 0 Å². The lowest BCUT2D eigenvalue weighted by atomic mass is 9.99. The molecule has 1 saturated carbocycles. The second kappa shape index (κ2) is 6.02. The van der Waals surface area contributed by atoms with E-state index in [1.165, 1.54) is 0 Å². The first-order valence-corrected chi connectivity index (χ1v) is 9.76. The van der Waals surface area contributed by atoms with Crippen molar-refractivity contribution in [3.8, 4) is 0 Å². The van der Waals surface area contributed by atoms with Crippen LogP contribution in [0.1, 0.15) is 11.5 Å². The molecule has 0 heterocycles. The van der Waals surface area contributed by atoms with Crippen molar-refractivity contribution < 1.29 is 8.42 Å². The molecule has 2 aromatic rings. The van der Waals surface area contributed by atoms with Crippen LogP contribution in [0.15, 0.2) is 64.0 Å². The molecular formula is C17H19BrN2O2S. The van der Waals surface area contributed by atoms with Gasteiger partial charge in [0, 0.05) is 28.9 Å². The maximum absolute atomic E-state index is 13.1. The highest BCUT2D eigenvalue weighted by molar-refractivity contribution is 9.10. The minimum atomic E-state index is -3.48. The molecule has 0 unspecified atom stereocenters. The Labute approximate surface area is 144 Å². The van der Waals surface area contributed by atoms with Gasteiger partial charge in [0.05, 0.1) is 10.1 Å². The van der Waals surface area contributed by atoms with Crippen molar-refractivity contribution in [2.24, 2.45) is 16.9 Å². The van der Waals surface area contributed by atoms with Gasteiger partial charge < -0.3 is 11.5 Å². The van der Waals surface area contributed by atoms with Crippen LogP contribution in [-0.2, 0) is 9.84 Å². The molecule has 1 aliphatic rings. The lowest BCUT2D eigenvalue weighted by Gasteiger charge is -2.13. The summed E-state index contributed by atoms with van der Waals surface area (Å²) in [5.74, 6) is -0.171. The van der Waals surface area contributed by atoms with Crippen molar-refractivity contribution in [1.82, 2.24) is 0 Å². The molecule has 23 heavy (non-hydrogen) atoms. The summed E-state index contributed by atoms with van der Waals surface area (Å²) in [7, 11) is -3.48. The number of hydrogen-bond donors (Lipinski definition) is 2. The van der Waals surface area contributed by atoms with Gasteiger partial charge >= 0.3 is 0 Å². The van der Waals surface area contributed by atoms with Crippen LogP contribution in [0, 0.1) is 5.41 Å². The second-order valence-corrected chi connectivity index (χ2v) is 8.93. The van der Waals surface area contributed by atoms with Crippen molar-refractivity contribution >= 4 is 25.8 Å². The van der Waals surface area contributed by atoms with E-state index >= 15 is 0 Å². The summed E-state index contributed by atoms with van der Waals surface area (Å²) in [6.45, 7) is 0.502. The smallest absolute Gasteiger partial charge is 0.182 e. The summed E-state index contributed by atoms with van der Waals surface area (Å²) in [4.78, 5) is 0.330. The monoisotopic (exact) mass is 394 g/mol. The van der Waals surface area contributed by atoms with Gasteiger partial charge in [0.2, 0.25) is 0 Å². The number of hydrogen-bond acceptors (Lipinski definition) is 4. The molecule has 6 heteroatoms. The van der Waals surface area contributed by atoms with E-state index in [2.05, 4.69) is 15.9 Å². The topological polar surface area (TPSA) is 86.2 Å². The van der Waals surface area contributed by atoms with Crippen LogP contribution in [0.4, 0.5) is 0 Å². The first-order valence-electron chi connectivity index (χ1n) is 7.42. The standard InChI is InChI=1S/C17H19BrN2O2S/c18-13-8-6-12(7-9-13)15-16(17(15,10-19)11-20)23(21,22)14-4-2-1-3-5-14/h1-9,15-16H,10-11,19-20H2/t15-,16+/m0/s1. The Balaban J connectivity index is 2.05. The van der Waals surface area contributed by atoms with Crippen molar-refractivity contribution in [2.75, 3.05) is 13.1 Å².